The van der Waals surface area contributed by atoms with Crippen LogP contribution in [0.1, 0.15) is 39.0 Å². The Bertz CT molecular complexity index is 309. The van der Waals surface area contributed by atoms with Crippen LogP contribution >= 0.6 is 0 Å². The summed E-state index contributed by atoms with van der Waals surface area (Å²) in [4.78, 5) is 34.3. The van der Waals surface area contributed by atoms with E-state index < -0.39 is 23.8 Å². The number of ketones is 1. The molecule has 0 aromatic rings. The minimum atomic E-state index is -1.43. The fourth-order valence-electron chi connectivity index (χ4n) is 2.09. The van der Waals surface area contributed by atoms with Crippen LogP contribution in [-0.4, -0.2) is 29.4 Å². The summed E-state index contributed by atoms with van der Waals surface area (Å²) in [5.41, 5.74) is -1.43. The zero-order valence-corrected chi connectivity index (χ0v) is 9.32. The summed E-state index contributed by atoms with van der Waals surface area (Å²) in [5, 5.41) is 8.81. The second kappa shape index (κ2) is 5.09. The van der Waals surface area contributed by atoms with Crippen LogP contribution in [0.25, 0.3) is 0 Å². The topological polar surface area (TPSA) is 80.7 Å². The standard InChI is InChI=1S/C11H16O5/c1-2-16-10(15)11(7-9(13)14)6-4-3-5-8(11)12/h2-7H2,1H3,(H,13,14)/t11-/m1/s1. The highest BCUT2D eigenvalue weighted by molar-refractivity contribution is 6.06. The van der Waals surface area contributed by atoms with Gasteiger partial charge >= 0.3 is 11.9 Å². The van der Waals surface area contributed by atoms with Crippen molar-refractivity contribution in [1.82, 2.24) is 0 Å². The average molecular weight is 228 g/mol. The Morgan fingerprint density at radius 3 is 2.62 bits per heavy atom. The van der Waals surface area contributed by atoms with E-state index in [1.165, 1.54) is 0 Å². The molecule has 0 spiro atoms. The summed E-state index contributed by atoms with van der Waals surface area (Å²) >= 11 is 0. The molecule has 1 saturated carbocycles. The van der Waals surface area contributed by atoms with Crippen molar-refractivity contribution >= 4 is 17.7 Å². The van der Waals surface area contributed by atoms with Crippen molar-refractivity contribution in [1.29, 1.82) is 0 Å². The second-order valence-corrected chi connectivity index (χ2v) is 4.00. The van der Waals surface area contributed by atoms with Crippen LogP contribution in [0.5, 0.6) is 0 Å². The van der Waals surface area contributed by atoms with Crippen molar-refractivity contribution in [2.45, 2.75) is 39.0 Å². The predicted octanol–water partition coefficient (Wildman–Crippen LogP) is 1.15. The van der Waals surface area contributed by atoms with Gasteiger partial charge in [0.05, 0.1) is 13.0 Å². The molecule has 5 heteroatoms. The lowest BCUT2D eigenvalue weighted by atomic mass is 9.71. The third kappa shape index (κ3) is 2.40. The highest BCUT2D eigenvalue weighted by Crippen LogP contribution is 2.37. The zero-order chi connectivity index (χ0) is 12.2. The van der Waals surface area contributed by atoms with Gasteiger partial charge in [-0.25, -0.2) is 0 Å². The van der Waals surface area contributed by atoms with E-state index in [0.717, 1.165) is 6.42 Å². The van der Waals surface area contributed by atoms with Gasteiger partial charge in [-0.05, 0) is 19.8 Å². The molecule has 90 valence electrons. The van der Waals surface area contributed by atoms with Crippen LogP contribution in [0, 0.1) is 5.41 Å². The van der Waals surface area contributed by atoms with Gasteiger partial charge in [-0.15, -0.1) is 0 Å². The number of hydrogen-bond donors (Lipinski definition) is 1. The Hall–Kier alpha value is -1.39. The summed E-state index contributed by atoms with van der Waals surface area (Å²) in [5.74, 6) is -2.11. The molecule has 0 radical (unpaired) electrons. The number of aliphatic carboxylic acids is 1. The van der Waals surface area contributed by atoms with Crippen LogP contribution in [-0.2, 0) is 19.1 Å². The maximum Gasteiger partial charge on any atom is 0.320 e. The van der Waals surface area contributed by atoms with Crippen molar-refractivity contribution < 1.29 is 24.2 Å². The molecule has 1 fully saturated rings. The van der Waals surface area contributed by atoms with E-state index in [1.807, 2.05) is 0 Å². The zero-order valence-electron chi connectivity index (χ0n) is 9.32. The normalized spacial score (nSPS) is 25.2. The van der Waals surface area contributed by atoms with Gasteiger partial charge in [-0.1, -0.05) is 6.42 Å². The molecule has 0 saturated heterocycles. The van der Waals surface area contributed by atoms with Gasteiger partial charge in [0.1, 0.15) is 5.41 Å². The first-order chi connectivity index (χ1) is 7.53. The first-order valence-electron chi connectivity index (χ1n) is 5.45. The van der Waals surface area contributed by atoms with E-state index in [2.05, 4.69) is 0 Å². The first-order valence-corrected chi connectivity index (χ1v) is 5.45. The third-order valence-corrected chi connectivity index (χ3v) is 2.91. The maximum atomic E-state index is 11.8. The van der Waals surface area contributed by atoms with E-state index in [9.17, 15) is 14.4 Å². The Labute approximate surface area is 93.8 Å². The molecule has 1 aliphatic rings. The number of Topliss-reactive ketones (excluding diaryl/α,β-unsaturated/α-hetero) is 1. The number of carboxylic acid groups (broad SMARTS) is 1. The summed E-state index contributed by atoms with van der Waals surface area (Å²) in [6, 6.07) is 0. The number of carbonyl (C=O) groups excluding carboxylic acids is 2. The Balaban J connectivity index is 2.94. The molecule has 0 aromatic heterocycles. The number of carbonyl (C=O) groups is 3. The van der Waals surface area contributed by atoms with Crippen molar-refractivity contribution in [2.24, 2.45) is 5.41 Å². The summed E-state index contributed by atoms with van der Waals surface area (Å²) < 4.78 is 4.83. The van der Waals surface area contributed by atoms with Gasteiger partial charge in [0.15, 0.2) is 5.78 Å². The molecule has 1 atom stereocenters. The van der Waals surface area contributed by atoms with Crippen LogP contribution < -0.4 is 0 Å². The molecule has 0 aromatic carbocycles. The van der Waals surface area contributed by atoms with E-state index in [1.54, 1.807) is 6.92 Å². The number of esters is 1. The SMILES string of the molecule is CCOC(=O)[C@@]1(CC(=O)O)CCCCC1=O. The molecule has 0 heterocycles. The van der Waals surface area contributed by atoms with Crippen molar-refractivity contribution in [3.8, 4) is 0 Å². The molecule has 0 amide bonds. The fraction of sp³-hybridized carbons (Fsp3) is 0.727. The Morgan fingerprint density at radius 1 is 1.44 bits per heavy atom. The third-order valence-electron chi connectivity index (χ3n) is 2.91. The summed E-state index contributed by atoms with van der Waals surface area (Å²) in [6.45, 7) is 1.80. The Morgan fingerprint density at radius 2 is 2.12 bits per heavy atom. The largest absolute Gasteiger partial charge is 0.481 e. The summed E-state index contributed by atoms with van der Waals surface area (Å²) in [7, 11) is 0. The molecule has 5 nitrogen and oxygen atoms in total. The lowest BCUT2D eigenvalue weighted by molar-refractivity contribution is -0.167. The van der Waals surface area contributed by atoms with E-state index in [4.69, 9.17) is 9.84 Å². The Kier molecular flexibility index (Phi) is 4.04. The molecular formula is C11H16O5. The first kappa shape index (κ1) is 12.7. The molecule has 0 unspecified atom stereocenters. The van der Waals surface area contributed by atoms with Crippen LogP contribution in [0.4, 0.5) is 0 Å². The van der Waals surface area contributed by atoms with E-state index in [0.29, 0.717) is 6.42 Å². The summed E-state index contributed by atoms with van der Waals surface area (Å²) in [6.07, 6.45) is 1.52. The number of ether oxygens (including phenoxy) is 1. The predicted molar refractivity (Wildman–Crippen MR) is 54.8 cm³/mol. The van der Waals surface area contributed by atoms with Gasteiger partial charge in [0, 0.05) is 6.42 Å². The van der Waals surface area contributed by atoms with Crippen LogP contribution in [0.2, 0.25) is 0 Å². The van der Waals surface area contributed by atoms with Gasteiger partial charge in [0.2, 0.25) is 0 Å². The van der Waals surface area contributed by atoms with Gasteiger partial charge in [0.25, 0.3) is 0 Å². The lowest BCUT2D eigenvalue weighted by Crippen LogP contribution is -2.44. The van der Waals surface area contributed by atoms with Gasteiger partial charge in [-0.2, -0.15) is 0 Å². The number of carboxylic acids is 1. The highest BCUT2D eigenvalue weighted by atomic mass is 16.5. The number of rotatable bonds is 4. The average Bonchev–Trinajstić information content (AvgIpc) is 2.21. The van der Waals surface area contributed by atoms with Crippen LogP contribution in [0.15, 0.2) is 0 Å². The minimum absolute atomic E-state index is 0.160. The van der Waals surface area contributed by atoms with Crippen molar-refractivity contribution in [3.63, 3.8) is 0 Å². The maximum absolute atomic E-state index is 11.8. The van der Waals surface area contributed by atoms with Crippen LogP contribution in [0.3, 0.4) is 0 Å². The van der Waals surface area contributed by atoms with Crippen molar-refractivity contribution in [3.05, 3.63) is 0 Å². The quantitative estimate of drug-likeness (QED) is 0.576. The van der Waals surface area contributed by atoms with E-state index >= 15 is 0 Å². The van der Waals surface area contributed by atoms with Gasteiger partial charge in [-0.3, -0.25) is 14.4 Å². The fourth-order valence-corrected chi connectivity index (χ4v) is 2.09. The molecule has 0 aliphatic heterocycles. The lowest BCUT2D eigenvalue weighted by Gasteiger charge is -2.31. The molecule has 0 bridgehead atoms. The molecular weight excluding hydrogens is 212 g/mol. The monoisotopic (exact) mass is 228 g/mol. The molecule has 1 rings (SSSR count). The minimum Gasteiger partial charge on any atom is -0.481 e. The molecule has 16 heavy (non-hydrogen) atoms. The van der Waals surface area contributed by atoms with E-state index in [-0.39, 0.29) is 25.2 Å². The molecule has 1 N–H and O–H groups in total. The number of hydrogen-bond acceptors (Lipinski definition) is 4. The molecule has 1 aliphatic carbocycles. The second-order valence-electron chi connectivity index (χ2n) is 4.00. The smallest absolute Gasteiger partial charge is 0.320 e. The van der Waals surface area contributed by atoms with Gasteiger partial charge < -0.3 is 9.84 Å². The highest BCUT2D eigenvalue weighted by Gasteiger charge is 2.49. The van der Waals surface area contributed by atoms with Crippen molar-refractivity contribution in [2.75, 3.05) is 6.61 Å².